The van der Waals surface area contributed by atoms with E-state index in [1.807, 2.05) is 97.9 Å². The Balaban J connectivity index is 0.000000584. The maximum absolute atomic E-state index is 12.3. The fraction of sp³-hybridized carbons (Fsp3) is 0.0769. The lowest BCUT2D eigenvalue weighted by Gasteiger charge is -2.02. The predicted octanol–water partition coefficient (Wildman–Crippen LogP) is 14.0. The number of ether oxygens (including phenoxy) is 2. The molecule has 0 atom stereocenters. The van der Waals surface area contributed by atoms with Crippen molar-refractivity contribution in [3.8, 4) is 11.5 Å². The van der Waals surface area contributed by atoms with E-state index in [2.05, 4.69) is 0 Å². The standard InChI is InChI=1S/C12H14O3.2C10H10O3.C10H10O2.C9H7FO2.C9H7NO4.C9H8O3.C9H8O2/c1-15-9-8-11-4-2-10(3-5-11)6-7-12(13)14;1-13-9-5-3-2-4-8(9)6-7-10(11)12;11-7-9-3-1-2-8(6-9)4-5-10(12)13;1-8-2-4-9(5-3-8)6-7-10(11)12;10-8-4-1-7(2-5-8)3-6-9(11)12;11-9(12)6-3-7-1-4-8(5-2-7)10(13)14;10-8-4-1-7(2-5-8)3-6-9(11)12;10-9(11)7-6-8-4-2-1-3-5-8/h2-7H,8-9H2,1H3,(H,13,14);2-7H,1H3,(H,11,12);1-6,11H,7H2,(H,12,13);2-7H,1H3,(H,11,12);1-6H,(H,11,12);1-6H,(H,11,12);1-6,10H,(H,11,12);1-7H,(H,10,11)/b2*7-6+;5-4+;7-6+;3*6-3+;7-6+. The van der Waals surface area contributed by atoms with Gasteiger partial charge in [0.25, 0.3) is 5.69 Å². The highest BCUT2D eigenvalue weighted by atomic mass is 19.1. The molecular formula is C78H74FNO22. The van der Waals surface area contributed by atoms with Crippen molar-refractivity contribution in [3.63, 3.8) is 0 Å². The second-order valence-electron chi connectivity index (χ2n) is 19.8. The zero-order chi connectivity index (χ0) is 76.0. The van der Waals surface area contributed by atoms with Gasteiger partial charge in [0.05, 0.1) is 25.2 Å². The van der Waals surface area contributed by atoms with E-state index in [9.17, 15) is 52.9 Å². The Morgan fingerprint density at radius 1 is 0.402 bits per heavy atom. The van der Waals surface area contributed by atoms with Gasteiger partial charge in [-0.3, -0.25) is 10.1 Å². The average molecular weight is 1400 g/mol. The van der Waals surface area contributed by atoms with Gasteiger partial charge >= 0.3 is 47.8 Å². The molecule has 0 aliphatic heterocycles. The third-order valence-corrected chi connectivity index (χ3v) is 11.9. The van der Waals surface area contributed by atoms with Gasteiger partial charge in [-0.05, 0) is 161 Å². The molecule has 0 unspecified atom stereocenters. The van der Waals surface area contributed by atoms with Gasteiger partial charge in [-0.15, -0.1) is 0 Å². The van der Waals surface area contributed by atoms with Gasteiger partial charge in [0.1, 0.15) is 17.3 Å². The molecule has 0 saturated carbocycles. The van der Waals surface area contributed by atoms with Crippen molar-refractivity contribution in [3.05, 3.63) is 326 Å². The van der Waals surface area contributed by atoms with E-state index < -0.39 is 52.7 Å². The first kappa shape index (κ1) is 86.3. The quantitative estimate of drug-likeness (QED) is 0.0171. The molecule has 0 spiro atoms. The number of phenols is 1. The Morgan fingerprint density at radius 3 is 1.12 bits per heavy atom. The third-order valence-electron chi connectivity index (χ3n) is 11.9. The van der Waals surface area contributed by atoms with Gasteiger partial charge in [-0.1, -0.05) is 145 Å². The molecule has 530 valence electrons. The molecule has 0 heterocycles. The van der Waals surface area contributed by atoms with Gasteiger partial charge in [0.15, 0.2) is 0 Å². The molecule has 0 aromatic heterocycles. The smallest absolute Gasteiger partial charge is 0.328 e. The van der Waals surface area contributed by atoms with Crippen LogP contribution >= 0.6 is 0 Å². The van der Waals surface area contributed by atoms with Crippen LogP contribution in [0.4, 0.5) is 10.1 Å². The number of aliphatic hydroxyl groups excluding tert-OH is 1. The van der Waals surface area contributed by atoms with Crippen LogP contribution in [0.2, 0.25) is 0 Å². The SMILES string of the molecule is COCCc1ccc(/C=C/C(=O)O)cc1.COc1ccccc1/C=C/C(=O)O.Cc1ccc(/C=C/C(=O)O)cc1.O=C(O)/C=C/c1ccc(F)cc1.O=C(O)/C=C/c1ccc(O)cc1.O=C(O)/C=C/c1ccc([N+](=O)[O-])cc1.O=C(O)/C=C/c1cccc(CO)c1.O=C(O)/C=C/c1ccccc1. The molecule has 8 aromatic carbocycles. The van der Waals surface area contributed by atoms with E-state index >= 15 is 0 Å². The number of methoxy groups -OCH3 is 2. The van der Waals surface area contributed by atoms with Crippen molar-refractivity contribution in [1.82, 2.24) is 0 Å². The van der Waals surface area contributed by atoms with Crippen molar-refractivity contribution in [2.24, 2.45) is 0 Å². The number of carbonyl (C=O) groups is 8. The summed E-state index contributed by atoms with van der Waals surface area (Å²) in [5, 5.41) is 94.7. The Bertz CT molecular complexity index is 4000. The lowest BCUT2D eigenvalue weighted by Crippen LogP contribution is -1.93. The normalized spacial score (nSPS) is 10.4. The number of nitro benzene ring substituents is 1. The van der Waals surface area contributed by atoms with Crippen LogP contribution in [-0.2, 0) is 56.1 Å². The van der Waals surface area contributed by atoms with Crippen LogP contribution in [0.3, 0.4) is 0 Å². The number of rotatable bonds is 22. The molecule has 102 heavy (non-hydrogen) atoms. The number of non-ortho nitro benzene ring substituents is 1. The minimum absolute atomic E-state index is 0.0162. The summed E-state index contributed by atoms with van der Waals surface area (Å²) in [6, 6.07) is 56.4. The minimum atomic E-state index is -1.05. The van der Waals surface area contributed by atoms with E-state index in [1.165, 1.54) is 102 Å². The summed E-state index contributed by atoms with van der Waals surface area (Å²) < 4.78 is 22.3. The lowest BCUT2D eigenvalue weighted by atomic mass is 10.1. The van der Waals surface area contributed by atoms with Gasteiger partial charge in [0.2, 0.25) is 0 Å². The summed E-state index contributed by atoms with van der Waals surface area (Å²) in [6.45, 7) is 2.66. The number of nitro groups is 1. The summed E-state index contributed by atoms with van der Waals surface area (Å²) in [5.74, 6) is -7.26. The maximum atomic E-state index is 12.3. The topological polar surface area (TPSA) is 400 Å². The van der Waals surface area contributed by atoms with Crippen LogP contribution in [0.1, 0.15) is 61.2 Å². The molecular weight excluding hydrogens is 1320 g/mol. The molecule has 23 nitrogen and oxygen atoms in total. The number of carboxylic acid groups (broad SMARTS) is 8. The fourth-order valence-corrected chi connectivity index (χ4v) is 7.06. The highest BCUT2D eigenvalue weighted by Gasteiger charge is 2.03. The summed E-state index contributed by atoms with van der Waals surface area (Å²) >= 11 is 0. The number of aryl methyl sites for hydroxylation is 1. The number of aliphatic hydroxyl groups is 1. The molecule has 0 aliphatic carbocycles. The predicted molar refractivity (Wildman–Crippen MR) is 386 cm³/mol. The van der Waals surface area contributed by atoms with Crippen LogP contribution in [0, 0.1) is 22.9 Å². The lowest BCUT2D eigenvalue weighted by molar-refractivity contribution is -0.384. The molecule has 0 aliphatic rings. The van der Waals surface area contributed by atoms with Crippen molar-refractivity contribution in [1.29, 1.82) is 0 Å². The first-order chi connectivity index (χ1) is 48.6. The Hall–Kier alpha value is -13.7. The number of carboxylic acids is 8. The van der Waals surface area contributed by atoms with E-state index in [-0.39, 0.29) is 23.9 Å². The minimum Gasteiger partial charge on any atom is -0.508 e. The molecule has 0 radical (unpaired) electrons. The summed E-state index contributed by atoms with van der Waals surface area (Å²) in [4.78, 5) is 91.0. The van der Waals surface area contributed by atoms with Gasteiger partial charge in [-0.2, -0.15) is 0 Å². The second-order valence-corrected chi connectivity index (χ2v) is 19.8. The molecule has 8 rings (SSSR count). The highest BCUT2D eigenvalue weighted by Crippen LogP contribution is 2.19. The summed E-state index contributed by atoms with van der Waals surface area (Å²) in [6.07, 6.45) is 21.4. The monoisotopic (exact) mass is 1400 g/mol. The summed E-state index contributed by atoms with van der Waals surface area (Å²) in [5.41, 5.74) is 9.35. The number of aromatic hydroxyl groups is 1. The number of hydrogen-bond acceptors (Lipinski definition) is 14. The second kappa shape index (κ2) is 51.5. The van der Waals surface area contributed by atoms with Gasteiger partial charge < -0.3 is 60.5 Å². The number of benzene rings is 8. The Morgan fingerprint density at radius 2 is 0.735 bits per heavy atom. The molecule has 8 aromatic rings. The van der Waals surface area contributed by atoms with Crippen LogP contribution in [-0.4, -0.2) is 125 Å². The van der Waals surface area contributed by atoms with Crippen LogP contribution < -0.4 is 4.74 Å². The number of aliphatic carboxylic acids is 8. The van der Waals surface area contributed by atoms with E-state index in [0.29, 0.717) is 23.5 Å². The number of para-hydroxylation sites is 1. The van der Waals surface area contributed by atoms with E-state index in [0.717, 1.165) is 94.0 Å². The fourth-order valence-electron chi connectivity index (χ4n) is 7.06. The van der Waals surface area contributed by atoms with Crippen molar-refractivity contribution >= 4 is 102 Å². The molecule has 0 amide bonds. The van der Waals surface area contributed by atoms with Crippen LogP contribution in [0.15, 0.2) is 249 Å². The Labute approximate surface area is 586 Å². The highest BCUT2D eigenvalue weighted by molar-refractivity contribution is 5.89. The maximum Gasteiger partial charge on any atom is 0.328 e. The van der Waals surface area contributed by atoms with Crippen LogP contribution in [0.5, 0.6) is 11.5 Å². The first-order valence-electron chi connectivity index (χ1n) is 29.7. The molecule has 0 saturated heterocycles. The van der Waals surface area contributed by atoms with Crippen molar-refractivity contribution < 1.29 is 108 Å². The largest absolute Gasteiger partial charge is 0.508 e. The van der Waals surface area contributed by atoms with Crippen molar-refractivity contribution in [2.45, 2.75) is 20.0 Å². The molecule has 24 heteroatoms. The average Bonchev–Trinajstić information content (AvgIpc) is 0.985. The zero-order valence-electron chi connectivity index (χ0n) is 55.1. The molecule has 0 bridgehead atoms. The van der Waals surface area contributed by atoms with Crippen LogP contribution in [0.25, 0.3) is 48.6 Å². The van der Waals surface area contributed by atoms with Crippen molar-refractivity contribution in [2.75, 3.05) is 20.8 Å². The molecule has 0 fully saturated rings. The third kappa shape index (κ3) is 45.6. The Kier molecular flexibility index (Phi) is 43.6. The number of hydrogen-bond donors (Lipinski definition) is 10. The number of halogens is 1. The van der Waals surface area contributed by atoms with E-state index in [4.69, 9.17) is 60.5 Å². The van der Waals surface area contributed by atoms with Gasteiger partial charge in [-0.25, -0.2) is 42.7 Å². The van der Waals surface area contributed by atoms with Gasteiger partial charge in [0, 0.05) is 73.4 Å². The zero-order valence-corrected chi connectivity index (χ0v) is 55.1. The number of phenolic OH excluding ortho intramolecular Hbond substituents is 1. The van der Waals surface area contributed by atoms with E-state index in [1.54, 1.807) is 81.0 Å². The number of nitrogens with zero attached hydrogens (tertiary/aromatic N) is 1. The molecule has 10 N–H and O–H groups in total. The first-order valence-corrected chi connectivity index (χ1v) is 29.7. The summed E-state index contributed by atoms with van der Waals surface area (Å²) in [7, 11) is 3.22.